The first-order valence-corrected chi connectivity index (χ1v) is 7.84. The summed E-state index contributed by atoms with van der Waals surface area (Å²) in [5.41, 5.74) is 0.845. The van der Waals surface area contributed by atoms with Crippen LogP contribution in [0.2, 0.25) is 0 Å². The van der Waals surface area contributed by atoms with Crippen LogP contribution in [0.1, 0.15) is 25.3 Å². The van der Waals surface area contributed by atoms with Gasteiger partial charge in [0.2, 0.25) is 5.91 Å². The SMILES string of the molecule is C[C@H](O)[C@H](NC(=O)[C@H]1CCCOC1)C(=O)OCc1ccccc1. The van der Waals surface area contributed by atoms with Gasteiger partial charge in [-0.3, -0.25) is 4.79 Å². The Bertz CT molecular complexity index is 511. The topological polar surface area (TPSA) is 84.9 Å². The molecule has 0 bridgehead atoms. The molecule has 6 nitrogen and oxygen atoms in total. The van der Waals surface area contributed by atoms with E-state index in [1.54, 1.807) is 0 Å². The summed E-state index contributed by atoms with van der Waals surface area (Å²) in [6, 6.07) is 8.16. The first-order valence-electron chi connectivity index (χ1n) is 7.84. The van der Waals surface area contributed by atoms with E-state index in [0.717, 1.165) is 18.4 Å². The minimum atomic E-state index is -1.08. The third-order valence-corrected chi connectivity index (χ3v) is 3.79. The lowest BCUT2D eigenvalue weighted by atomic mass is 10.0. The molecule has 0 saturated carbocycles. The van der Waals surface area contributed by atoms with E-state index in [0.29, 0.717) is 13.2 Å². The van der Waals surface area contributed by atoms with Crippen molar-refractivity contribution in [2.45, 2.75) is 38.5 Å². The number of nitrogens with one attached hydrogen (secondary N) is 1. The van der Waals surface area contributed by atoms with Crippen molar-refractivity contribution >= 4 is 11.9 Å². The maximum atomic E-state index is 12.2. The first-order chi connectivity index (χ1) is 11.1. The second kappa shape index (κ2) is 8.64. The Hall–Kier alpha value is -1.92. The Morgan fingerprint density at radius 1 is 1.39 bits per heavy atom. The van der Waals surface area contributed by atoms with Gasteiger partial charge in [-0.1, -0.05) is 30.3 Å². The van der Waals surface area contributed by atoms with E-state index in [1.807, 2.05) is 30.3 Å². The Labute approximate surface area is 135 Å². The molecule has 1 aliphatic rings. The summed E-state index contributed by atoms with van der Waals surface area (Å²) < 4.78 is 10.5. The number of carbonyl (C=O) groups is 2. The average molecular weight is 321 g/mol. The molecule has 1 aromatic rings. The van der Waals surface area contributed by atoms with Crippen LogP contribution in [0.25, 0.3) is 0 Å². The molecule has 3 atom stereocenters. The molecule has 0 aliphatic carbocycles. The normalized spacial score (nSPS) is 20.3. The number of benzene rings is 1. The van der Waals surface area contributed by atoms with Crippen molar-refractivity contribution in [2.75, 3.05) is 13.2 Å². The van der Waals surface area contributed by atoms with Gasteiger partial charge in [0.25, 0.3) is 0 Å². The quantitative estimate of drug-likeness (QED) is 0.764. The second-order valence-corrected chi connectivity index (χ2v) is 5.73. The van der Waals surface area contributed by atoms with Crippen LogP contribution in [0.4, 0.5) is 0 Å². The van der Waals surface area contributed by atoms with Crippen molar-refractivity contribution in [1.82, 2.24) is 5.32 Å². The van der Waals surface area contributed by atoms with Crippen molar-refractivity contribution in [1.29, 1.82) is 0 Å². The number of carbonyl (C=O) groups excluding carboxylic acids is 2. The summed E-state index contributed by atoms with van der Waals surface area (Å²) in [5.74, 6) is -1.21. The van der Waals surface area contributed by atoms with Crippen molar-refractivity contribution < 1.29 is 24.2 Å². The molecule has 1 saturated heterocycles. The molecule has 0 unspecified atom stereocenters. The smallest absolute Gasteiger partial charge is 0.331 e. The summed E-state index contributed by atoms with van der Waals surface area (Å²) >= 11 is 0. The number of rotatable bonds is 6. The summed E-state index contributed by atoms with van der Waals surface area (Å²) in [4.78, 5) is 24.3. The summed E-state index contributed by atoms with van der Waals surface area (Å²) in [7, 11) is 0. The summed E-state index contributed by atoms with van der Waals surface area (Å²) in [5, 5.41) is 12.4. The lowest BCUT2D eigenvalue weighted by molar-refractivity contribution is -0.153. The number of aliphatic hydroxyl groups excluding tert-OH is 1. The molecule has 1 aromatic carbocycles. The van der Waals surface area contributed by atoms with Gasteiger partial charge >= 0.3 is 5.97 Å². The fraction of sp³-hybridized carbons (Fsp3) is 0.529. The number of amides is 1. The van der Waals surface area contributed by atoms with Gasteiger partial charge in [0, 0.05) is 6.61 Å². The lowest BCUT2D eigenvalue weighted by Crippen LogP contribution is -2.51. The summed E-state index contributed by atoms with van der Waals surface area (Å²) in [6.07, 6.45) is 0.500. The third-order valence-electron chi connectivity index (χ3n) is 3.79. The van der Waals surface area contributed by atoms with Crippen molar-refractivity contribution in [3.63, 3.8) is 0 Å². The molecule has 1 heterocycles. The number of ether oxygens (including phenoxy) is 2. The van der Waals surface area contributed by atoms with Gasteiger partial charge in [0.05, 0.1) is 18.6 Å². The third kappa shape index (κ3) is 5.33. The van der Waals surface area contributed by atoms with Crippen LogP contribution < -0.4 is 5.32 Å². The van der Waals surface area contributed by atoms with Crippen LogP contribution in [0, 0.1) is 5.92 Å². The highest BCUT2D eigenvalue weighted by Gasteiger charge is 2.30. The first kappa shape index (κ1) is 17.4. The van der Waals surface area contributed by atoms with Gasteiger partial charge in [0.1, 0.15) is 6.61 Å². The maximum absolute atomic E-state index is 12.2. The van der Waals surface area contributed by atoms with Crippen molar-refractivity contribution in [3.05, 3.63) is 35.9 Å². The minimum Gasteiger partial charge on any atom is -0.459 e. The molecule has 1 fully saturated rings. The molecule has 1 amide bonds. The van der Waals surface area contributed by atoms with Gasteiger partial charge in [-0.25, -0.2) is 4.79 Å². The number of aliphatic hydroxyl groups is 1. The van der Waals surface area contributed by atoms with Crippen molar-refractivity contribution in [2.24, 2.45) is 5.92 Å². The molecular weight excluding hydrogens is 298 g/mol. The highest BCUT2D eigenvalue weighted by atomic mass is 16.5. The Balaban J connectivity index is 1.89. The van der Waals surface area contributed by atoms with Crippen LogP contribution in [0.3, 0.4) is 0 Å². The zero-order valence-electron chi connectivity index (χ0n) is 13.2. The van der Waals surface area contributed by atoms with E-state index in [9.17, 15) is 14.7 Å². The van der Waals surface area contributed by atoms with E-state index in [1.165, 1.54) is 6.92 Å². The predicted molar refractivity (Wildman–Crippen MR) is 83.4 cm³/mol. The van der Waals surface area contributed by atoms with Gasteiger partial charge in [-0.15, -0.1) is 0 Å². The van der Waals surface area contributed by atoms with Crippen LogP contribution >= 0.6 is 0 Å². The number of hydrogen-bond donors (Lipinski definition) is 2. The van der Waals surface area contributed by atoms with E-state index in [4.69, 9.17) is 9.47 Å². The van der Waals surface area contributed by atoms with Crippen LogP contribution in [0.5, 0.6) is 0 Å². The zero-order chi connectivity index (χ0) is 16.7. The van der Waals surface area contributed by atoms with E-state index in [-0.39, 0.29) is 18.4 Å². The Morgan fingerprint density at radius 2 is 2.13 bits per heavy atom. The lowest BCUT2D eigenvalue weighted by Gasteiger charge is -2.25. The fourth-order valence-corrected chi connectivity index (χ4v) is 2.41. The molecule has 23 heavy (non-hydrogen) atoms. The van der Waals surface area contributed by atoms with E-state index in [2.05, 4.69) is 5.32 Å². The molecule has 0 radical (unpaired) electrons. The zero-order valence-corrected chi connectivity index (χ0v) is 13.2. The fourth-order valence-electron chi connectivity index (χ4n) is 2.41. The van der Waals surface area contributed by atoms with Crippen LogP contribution in [-0.4, -0.2) is 42.3 Å². The standard InChI is InChI=1S/C17H23NO5/c1-12(19)15(18-16(20)14-8-5-9-22-11-14)17(21)23-10-13-6-3-2-4-7-13/h2-4,6-7,12,14-15,19H,5,8-11H2,1H3,(H,18,20)/t12-,14-,15-/m0/s1. The van der Waals surface area contributed by atoms with Gasteiger partial charge in [-0.2, -0.15) is 0 Å². The molecule has 6 heteroatoms. The average Bonchev–Trinajstić information content (AvgIpc) is 2.58. The number of esters is 1. The van der Waals surface area contributed by atoms with Crippen molar-refractivity contribution in [3.8, 4) is 0 Å². The molecule has 2 rings (SSSR count). The van der Waals surface area contributed by atoms with Gasteiger partial charge < -0.3 is 19.9 Å². The van der Waals surface area contributed by atoms with Gasteiger partial charge in [0.15, 0.2) is 6.04 Å². The Morgan fingerprint density at radius 3 is 2.74 bits per heavy atom. The number of hydrogen-bond acceptors (Lipinski definition) is 5. The predicted octanol–water partition coefficient (Wildman–Crippen LogP) is 1.02. The maximum Gasteiger partial charge on any atom is 0.331 e. The van der Waals surface area contributed by atoms with Crippen LogP contribution in [0.15, 0.2) is 30.3 Å². The van der Waals surface area contributed by atoms with Gasteiger partial charge in [-0.05, 0) is 25.3 Å². The largest absolute Gasteiger partial charge is 0.459 e. The minimum absolute atomic E-state index is 0.102. The van der Waals surface area contributed by atoms with E-state index < -0.39 is 18.1 Å². The monoisotopic (exact) mass is 321 g/mol. The highest BCUT2D eigenvalue weighted by Crippen LogP contribution is 2.14. The van der Waals surface area contributed by atoms with Crippen LogP contribution in [-0.2, 0) is 25.7 Å². The molecule has 126 valence electrons. The molecule has 1 aliphatic heterocycles. The molecule has 2 N–H and O–H groups in total. The highest BCUT2D eigenvalue weighted by molar-refractivity contribution is 5.86. The second-order valence-electron chi connectivity index (χ2n) is 5.73. The summed E-state index contributed by atoms with van der Waals surface area (Å²) in [6.45, 7) is 2.55. The molecule has 0 aromatic heterocycles. The molecule has 0 spiro atoms. The molecular formula is C17H23NO5. The van der Waals surface area contributed by atoms with E-state index >= 15 is 0 Å². The Kier molecular flexibility index (Phi) is 6.55.